The molecule has 3 aromatic carbocycles. The third kappa shape index (κ3) is 4.46. The Labute approximate surface area is 176 Å². The summed E-state index contributed by atoms with van der Waals surface area (Å²) >= 11 is 6.22. The molecule has 4 heteroatoms. The summed E-state index contributed by atoms with van der Waals surface area (Å²) in [6.07, 6.45) is 1.99. The van der Waals surface area contributed by atoms with E-state index in [1.807, 2.05) is 24.3 Å². The largest absolute Gasteiger partial charge is 0.493 e. The van der Waals surface area contributed by atoms with Gasteiger partial charge in [0.25, 0.3) is 0 Å². The van der Waals surface area contributed by atoms with Crippen LogP contribution in [-0.2, 0) is 6.54 Å². The van der Waals surface area contributed by atoms with Crippen molar-refractivity contribution in [2.24, 2.45) is 0 Å². The molecule has 0 aliphatic carbocycles. The van der Waals surface area contributed by atoms with Crippen LogP contribution < -0.4 is 4.74 Å². The normalized spacial score (nSPS) is 11.1. The molecule has 0 N–H and O–H groups in total. The van der Waals surface area contributed by atoms with Gasteiger partial charge in [0.1, 0.15) is 11.6 Å². The van der Waals surface area contributed by atoms with Gasteiger partial charge in [0.05, 0.1) is 17.6 Å². The lowest BCUT2D eigenvalue weighted by atomic mass is 10.1. The van der Waals surface area contributed by atoms with Crippen molar-refractivity contribution in [3.63, 3.8) is 0 Å². The number of ether oxygens (including phenoxy) is 1. The summed E-state index contributed by atoms with van der Waals surface area (Å²) in [6, 6.07) is 22.5. The number of aryl methyl sites for hydroxylation is 3. The zero-order valence-electron chi connectivity index (χ0n) is 16.9. The van der Waals surface area contributed by atoms with Gasteiger partial charge in [-0.3, -0.25) is 0 Å². The summed E-state index contributed by atoms with van der Waals surface area (Å²) in [5, 5.41) is 0.725. The second kappa shape index (κ2) is 8.71. The van der Waals surface area contributed by atoms with Gasteiger partial charge in [-0.25, -0.2) is 4.98 Å². The van der Waals surface area contributed by atoms with Gasteiger partial charge in [-0.1, -0.05) is 48.0 Å². The second-order valence-corrected chi connectivity index (χ2v) is 7.85. The molecule has 0 spiro atoms. The quantitative estimate of drug-likeness (QED) is 0.315. The summed E-state index contributed by atoms with van der Waals surface area (Å²) in [5.41, 5.74) is 5.61. The standard InChI is InChI=1S/C25H25ClN2O/c1-18-12-13-19(2)24(16-18)29-15-6-5-14-28-23-11-4-3-10-22(23)27-25(28)20-8-7-9-21(26)17-20/h3-4,7-13,16-17H,5-6,14-15H2,1-2H3. The maximum absolute atomic E-state index is 6.22. The Morgan fingerprint density at radius 1 is 0.931 bits per heavy atom. The number of imidazole rings is 1. The number of rotatable bonds is 7. The molecule has 0 bridgehead atoms. The van der Waals surface area contributed by atoms with Crippen LogP contribution in [0.4, 0.5) is 0 Å². The van der Waals surface area contributed by atoms with Gasteiger partial charge in [0, 0.05) is 17.1 Å². The van der Waals surface area contributed by atoms with E-state index in [1.54, 1.807) is 0 Å². The lowest BCUT2D eigenvalue weighted by molar-refractivity contribution is 0.301. The monoisotopic (exact) mass is 404 g/mol. The third-order valence-electron chi connectivity index (χ3n) is 5.11. The summed E-state index contributed by atoms with van der Waals surface area (Å²) in [5.74, 6) is 1.95. The van der Waals surface area contributed by atoms with Crippen LogP contribution in [0.15, 0.2) is 66.7 Å². The van der Waals surface area contributed by atoms with Crippen LogP contribution in [0.1, 0.15) is 24.0 Å². The molecule has 4 rings (SSSR count). The van der Waals surface area contributed by atoms with Crippen LogP contribution >= 0.6 is 11.6 Å². The van der Waals surface area contributed by atoms with Crippen molar-refractivity contribution in [1.29, 1.82) is 0 Å². The molecule has 0 saturated carbocycles. The van der Waals surface area contributed by atoms with Gasteiger partial charge in [-0.2, -0.15) is 0 Å². The van der Waals surface area contributed by atoms with Crippen molar-refractivity contribution >= 4 is 22.6 Å². The zero-order chi connectivity index (χ0) is 20.2. The highest BCUT2D eigenvalue weighted by atomic mass is 35.5. The molecule has 0 atom stereocenters. The van der Waals surface area contributed by atoms with E-state index in [2.05, 4.69) is 60.9 Å². The fourth-order valence-electron chi connectivity index (χ4n) is 3.57. The van der Waals surface area contributed by atoms with E-state index in [-0.39, 0.29) is 0 Å². The Kier molecular flexibility index (Phi) is 5.86. The molecule has 4 aromatic rings. The first-order chi connectivity index (χ1) is 14.1. The Morgan fingerprint density at radius 3 is 2.66 bits per heavy atom. The minimum absolute atomic E-state index is 0.712. The number of benzene rings is 3. The molecule has 0 unspecified atom stereocenters. The highest BCUT2D eigenvalue weighted by Gasteiger charge is 2.12. The first-order valence-corrected chi connectivity index (χ1v) is 10.4. The number of halogens is 1. The van der Waals surface area contributed by atoms with E-state index in [9.17, 15) is 0 Å². The first-order valence-electron chi connectivity index (χ1n) is 10.0. The highest BCUT2D eigenvalue weighted by molar-refractivity contribution is 6.30. The number of hydrogen-bond donors (Lipinski definition) is 0. The number of para-hydroxylation sites is 2. The maximum Gasteiger partial charge on any atom is 0.141 e. The maximum atomic E-state index is 6.22. The van der Waals surface area contributed by atoms with Gasteiger partial charge >= 0.3 is 0 Å². The molecule has 1 aromatic heterocycles. The SMILES string of the molecule is Cc1ccc(C)c(OCCCCn2c(-c3cccc(Cl)c3)nc3ccccc32)c1. The number of fused-ring (bicyclic) bond motifs is 1. The number of hydrogen-bond acceptors (Lipinski definition) is 2. The number of aromatic nitrogens is 2. The molecule has 0 radical (unpaired) electrons. The first kappa shape index (κ1) is 19.5. The van der Waals surface area contributed by atoms with Crippen molar-refractivity contribution in [2.75, 3.05) is 6.61 Å². The van der Waals surface area contributed by atoms with Crippen LogP contribution in [0.3, 0.4) is 0 Å². The average molecular weight is 405 g/mol. The van der Waals surface area contributed by atoms with Crippen molar-refractivity contribution in [3.8, 4) is 17.1 Å². The van der Waals surface area contributed by atoms with E-state index in [0.29, 0.717) is 6.61 Å². The van der Waals surface area contributed by atoms with Gasteiger partial charge in [-0.15, -0.1) is 0 Å². The Balaban J connectivity index is 1.47. The average Bonchev–Trinajstić information content (AvgIpc) is 3.09. The van der Waals surface area contributed by atoms with Gasteiger partial charge in [0.2, 0.25) is 0 Å². The summed E-state index contributed by atoms with van der Waals surface area (Å²) in [4.78, 5) is 4.86. The lowest BCUT2D eigenvalue weighted by Crippen LogP contribution is -2.04. The Bertz CT molecular complexity index is 1130. The van der Waals surface area contributed by atoms with E-state index in [1.165, 1.54) is 11.1 Å². The minimum atomic E-state index is 0.712. The molecular weight excluding hydrogens is 380 g/mol. The Morgan fingerprint density at radius 2 is 1.79 bits per heavy atom. The van der Waals surface area contributed by atoms with Gasteiger partial charge < -0.3 is 9.30 Å². The predicted octanol–water partition coefficient (Wildman–Crippen LogP) is 6.83. The van der Waals surface area contributed by atoms with E-state index < -0.39 is 0 Å². The van der Waals surface area contributed by atoms with E-state index in [4.69, 9.17) is 21.3 Å². The smallest absolute Gasteiger partial charge is 0.141 e. The third-order valence-corrected chi connectivity index (χ3v) is 5.35. The molecule has 148 valence electrons. The molecular formula is C25H25ClN2O. The molecule has 0 aliphatic rings. The van der Waals surface area contributed by atoms with Crippen LogP contribution in [0.5, 0.6) is 5.75 Å². The van der Waals surface area contributed by atoms with Crippen LogP contribution in [0, 0.1) is 13.8 Å². The molecule has 0 aliphatic heterocycles. The fourth-order valence-corrected chi connectivity index (χ4v) is 3.76. The summed E-state index contributed by atoms with van der Waals surface area (Å²) in [6.45, 7) is 5.78. The lowest BCUT2D eigenvalue weighted by Gasteiger charge is -2.12. The second-order valence-electron chi connectivity index (χ2n) is 7.41. The number of unbranched alkanes of at least 4 members (excludes halogenated alkanes) is 1. The van der Waals surface area contributed by atoms with Crippen LogP contribution in [-0.4, -0.2) is 16.2 Å². The van der Waals surface area contributed by atoms with E-state index >= 15 is 0 Å². The fraction of sp³-hybridized carbons (Fsp3) is 0.240. The van der Waals surface area contributed by atoms with Crippen molar-refractivity contribution in [2.45, 2.75) is 33.2 Å². The molecule has 0 amide bonds. The number of nitrogens with zero attached hydrogens (tertiary/aromatic N) is 2. The predicted molar refractivity (Wildman–Crippen MR) is 121 cm³/mol. The summed E-state index contributed by atoms with van der Waals surface area (Å²) in [7, 11) is 0. The molecule has 29 heavy (non-hydrogen) atoms. The van der Waals surface area contributed by atoms with Crippen LogP contribution in [0.25, 0.3) is 22.4 Å². The molecule has 1 heterocycles. The van der Waals surface area contributed by atoms with Crippen molar-refractivity contribution in [3.05, 3.63) is 82.9 Å². The van der Waals surface area contributed by atoms with Crippen molar-refractivity contribution < 1.29 is 4.74 Å². The highest BCUT2D eigenvalue weighted by Crippen LogP contribution is 2.27. The molecule has 0 saturated heterocycles. The van der Waals surface area contributed by atoms with Crippen molar-refractivity contribution in [1.82, 2.24) is 9.55 Å². The molecule has 3 nitrogen and oxygen atoms in total. The van der Waals surface area contributed by atoms with Gasteiger partial charge in [-0.05, 0) is 68.1 Å². The minimum Gasteiger partial charge on any atom is -0.493 e. The van der Waals surface area contributed by atoms with Crippen LogP contribution in [0.2, 0.25) is 5.02 Å². The van der Waals surface area contributed by atoms with Gasteiger partial charge in [0.15, 0.2) is 0 Å². The summed E-state index contributed by atoms with van der Waals surface area (Å²) < 4.78 is 8.30. The van der Waals surface area contributed by atoms with E-state index in [0.717, 1.165) is 52.6 Å². The Hall–Kier alpha value is -2.78. The topological polar surface area (TPSA) is 27.1 Å². The molecule has 0 fully saturated rings. The zero-order valence-corrected chi connectivity index (χ0v) is 17.6.